The molecule has 0 heterocycles. The Hall–Kier alpha value is -2.40. The van der Waals surface area contributed by atoms with E-state index in [4.69, 9.17) is 18.0 Å². The second kappa shape index (κ2) is 7.74. The number of nitrogens with two attached hydrogens (primary N) is 1. The molecule has 0 radical (unpaired) electrons. The molecule has 23 heavy (non-hydrogen) atoms. The maximum absolute atomic E-state index is 12.3. The summed E-state index contributed by atoms with van der Waals surface area (Å²) in [6.07, 6.45) is 1.16. The lowest BCUT2D eigenvalue weighted by Crippen LogP contribution is -2.20. The van der Waals surface area contributed by atoms with E-state index >= 15 is 0 Å². The Bertz CT molecular complexity index is 714. The van der Waals surface area contributed by atoms with Crippen molar-refractivity contribution in [2.45, 2.75) is 26.7 Å². The van der Waals surface area contributed by atoms with E-state index in [9.17, 15) is 4.79 Å². The van der Waals surface area contributed by atoms with Gasteiger partial charge in [-0.05, 0) is 54.4 Å². The van der Waals surface area contributed by atoms with Gasteiger partial charge in [0, 0.05) is 11.4 Å². The molecular formula is C18H21N3OS. The molecule has 0 aliphatic rings. The molecule has 0 fully saturated rings. The molecule has 0 aromatic heterocycles. The van der Waals surface area contributed by atoms with Crippen LogP contribution in [0.4, 0.5) is 11.4 Å². The first-order valence-corrected chi connectivity index (χ1v) is 7.94. The number of aryl methyl sites for hydroxylation is 2. The molecule has 5 heteroatoms. The first kappa shape index (κ1) is 17.0. The Labute approximate surface area is 142 Å². The van der Waals surface area contributed by atoms with E-state index in [1.165, 1.54) is 0 Å². The highest BCUT2D eigenvalue weighted by Gasteiger charge is 2.11. The van der Waals surface area contributed by atoms with Crippen LogP contribution in [0.3, 0.4) is 0 Å². The van der Waals surface area contributed by atoms with Crippen LogP contribution in [0.15, 0.2) is 42.5 Å². The number of hydrogen-bond acceptors (Lipinski definition) is 2. The lowest BCUT2D eigenvalue weighted by atomic mass is 10.0. The molecule has 4 N–H and O–H groups in total. The smallest absolute Gasteiger partial charge is 0.228 e. The zero-order chi connectivity index (χ0) is 16.8. The van der Waals surface area contributed by atoms with Crippen LogP contribution in [0.25, 0.3) is 0 Å². The first-order valence-electron chi connectivity index (χ1n) is 7.53. The third kappa shape index (κ3) is 4.79. The average molecular weight is 327 g/mol. The van der Waals surface area contributed by atoms with Crippen molar-refractivity contribution in [1.82, 2.24) is 0 Å². The van der Waals surface area contributed by atoms with Gasteiger partial charge in [0.25, 0.3) is 0 Å². The van der Waals surface area contributed by atoms with Crippen molar-refractivity contribution in [3.63, 3.8) is 0 Å². The monoisotopic (exact) mass is 327 g/mol. The van der Waals surface area contributed by atoms with Gasteiger partial charge in [0.15, 0.2) is 5.11 Å². The van der Waals surface area contributed by atoms with Gasteiger partial charge in [-0.2, -0.15) is 0 Å². The molecule has 0 atom stereocenters. The summed E-state index contributed by atoms with van der Waals surface area (Å²) in [5.74, 6) is -0.0240. The van der Waals surface area contributed by atoms with Crippen molar-refractivity contribution in [1.29, 1.82) is 0 Å². The van der Waals surface area contributed by atoms with Crippen molar-refractivity contribution in [3.8, 4) is 0 Å². The van der Waals surface area contributed by atoms with E-state index in [-0.39, 0.29) is 11.0 Å². The fraction of sp³-hybridized carbons (Fsp3) is 0.222. The van der Waals surface area contributed by atoms with Gasteiger partial charge < -0.3 is 16.4 Å². The number of anilines is 2. The normalized spacial score (nSPS) is 10.2. The molecule has 0 saturated heterocycles. The van der Waals surface area contributed by atoms with Crippen LogP contribution in [0, 0.1) is 6.92 Å². The van der Waals surface area contributed by atoms with E-state index in [1.54, 1.807) is 0 Å². The fourth-order valence-electron chi connectivity index (χ4n) is 2.50. The van der Waals surface area contributed by atoms with Gasteiger partial charge in [-0.25, -0.2) is 0 Å². The predicted octanol–water partition coefficient (Wildman–Crippen LogP) is 3.39. The number of thiocarbonyl (C=S) groups is 1. The largest absolute Gasteiger partial charge is 0.376 e. The van der Waals surface area contributed by atoms with Crippen LogP contribution >= 0.6 is 12.2 Å². The summed E-state index contributed by atoms with van der Waals surface area (Å²) in [7, 11) is 0. The van der Waals surface area contributed by atoms with Crippen molar-refractivity contribution in [2.75, 3.05) is 10.6 Å². The number of carbonyl (C=O) groups is 1. The minimum absolute atomic E-state index is 0.0240. The Kier molecular flexibility index (Phi) is 5.71. The zero-order valence-electron chi connectivity index (χ0n) is 13.3. The van der Waals surface area contributed by atoms with E-state index in [1.807, 2.05) is 56.3 Å². The number of carbonyl (C=O) groups excluding carboxylic acids is 1. The average Bonchev–Trinajstić information content (AvgIpc) is 2.50. The molecule has 2 rings (SSSR count). The number of rotatable bonds is 5. The molecule has 0 bridgehead atoms. The molecule has 4 nitrogen and oxygen atoms in total. The van der Waals surface area contributed by atoms with Gasteiger partial charge in [-0.1, -0.05) is 37.3 Å². The van der Waals surface area contributed by atoms with Crippen LogP contribution in [0.2, 0.25) is 0 Å². The summed E-state index contributed by atoms with van der Waals surface area (Å²) in [4.78, 5) is 12.3. The van der Waals surface area contributed by atoms with Crippen LogP contribution in [0.5, 0.6) is 0 Å². The number of benzene rings is 2. The lowest BCUT2D eigenvalue weighted by molar-refractivity contribution is -0.115. The molecule has 0 unspecified atom stereocenters. The predicted molar refractivity (Wildman–Crippen MR) is 99.7 cm³/mol. The molecular weight excluding hydrogens is 306 g/mol. The van der Waals surface area contributed by atoms with Gasteiger partial charge in [0.05, 0.1) is 6.42 Å². The Morgan fingerprint density at radius 1 is 1.17 bits per heavy atom. The van der Waals surface area contributed by atoms with Crippen molar-refractivity contribution in [3.05, 3.63) is 59.2 Å². The van der Waals surface area contributed by atoms with Crippen LogP contribution in [-0.2, 0) is 17.6 Å². The maximum atomic E-state index is 12.3. The van der Waals surface area contributed by atoms with Gasteiger partial charge in [0.1, 0.15) is 0 Å². The zero-order valence-corrected chi connectivity index (χ0v) is 14.2. The molecule has 0 aliphatic heterocycles. The second-order valence-electron chi connectivity index (χ2n) is 5.38. The minimum Gasteiger partial charge on any atom is -0.376 e. The topological polar surface area (TPSA) is 67.2 Å². The van der Waals surface area contributed by atoms with Gasteiger partial charge >= 0.3 is 0 Å². The lowest BCUT2D eigenvalue weighted by Gasteiger charge is -2.16. The molecule has 2 aromatic carbocycles. The number of nitrogens with one attached hydrogen (secondary N) is 2. The molecule has 0 saturated carbocycles. The summed E-state index contributed by atoms with van der Waals surface area (Å²) in [6, 6.07) is 13.6. The van der Waals surface area contributed by atoms with Crippen LogP contribution in [-0.4, -0.2) is 11.0 Å². The summed E-state index contributed by atoms with van der Waals surface area (Å²) in [6.45, 7) is 4.01. The highest BCUT2D eigenvalue weighted by molar-refractivity contribution is 7.80. The number of hydrogen-bond donors (Lipinski definition) is 3. The van der Waals surface area contributed by atoms with Crippen molar-refractivity contribution < 1.29 is 4.79 Å². The SMILES string of the molecule is CCc1cc(NC(N)=S)cc(C)c1NC(=O)Cc1ccccc1. The van der Waals surface area contributed by atoms with E-state index < -0.39 is 0 Å². The van der Waals surface area contributed by atoms with Crippen LogP contribution in [0.1, 0.15) is 23.6 Å². The standard InChI is InChI=1S/C18H21N3OS/c1-3-14-11-15(20-18(19)23)9-12(2)17(14)21-16(22)10-13-7-5-4-6-8-13/h4-9,11H,3,10H2,1-2H3,(H,21,22)(H3,19,20,23). The first-order chi connectivity index (χ1) is 11.0. The quantitative estimate of drug-likeness (QED) is 0.736. The molecule has 0 aliphatic carbocycles. The molecule has 0 spiro atoms. The third-order valence-electron chi connectivity index (χ3n) is 3.54. The summed E-state index contributed by atoms with van der Waals surface area (Å²) in [5, 5.41) is 6.19. The van der Waals surface area contributed by atoms with Gasteiger partial charge in [0.2, 0.25) is 5.91 Å². The number of amides is 1. The Balaban J connectivity index is 2.18. The maximum Gasteiger partial charge on any atom is 0.228 e. The summed E-state index contributed by atoms with van der Waals surface area (Å²) in [5.41, 5.74) is 10.2. The Morgan fingerprint density at radius 2 is 1.87 bits per heavy atom. The highest BCUT2D eigenvalue weighted by Crippen LogP contribution is 2.26. The van der Waals surface area contributed by atoms with E-state index in [0.29, 0.717) is 6.42 Å². The highest BCUT2D eigenvalue weighted by atomic mass is 32.1. The van der Waals surface area contributed by atoms with Gasteiger partial charge in [-0.15, -0.1) is 0 Å². The summed E-state index contributed by atoms with van der Waals surface area (Å²) >= 11 is 4.87. The van der Waals surface area contributed by atoms with Crippen molar-refractivity contribution >= 4 is 34.6 Å². The van der Waals surface area contributed by atoms with Crippen LogP contribution < -0.4 is 16.4 Å². The summed E-state index contributed by atoms with van der Waals surface area (Å²) < 4.78 is 0. The fourth-order valence-corrected chi connectivity index (χ4v) is 2.62. The van der Waals surface area contributed by atoms with E-state index in [0.717, 1.165) is 34.5 Å². The minimum atomic E-state index is -0.0240. The Morgan fingerprint density at radius 3 is 2.48 bits per heavy atom. The van der Waals surface area contributed by atoms with Gasteiger partial charge in [-0.3, -0.25) is 4.79 Å². The van der Waals surface area contributed by atoms with Crippen molar-refractivity contribution in [2.24, 2.45) is 5.73 Å². The third-order valence-corrected chi connectivity index (χ3v) is 3.64. The molecule has 1 amide bonds. The molecule has 120 valence electrons. The second-order valence-corrected chi connectivity index (χ2v) is 5.82. The van der Waals surface area contributed by atoms with E-state index in [2.05, 4.69) is 10.6 Å². The molecule has 2 aromatic rings.